The average Bonchev–Trinajstić information content (AvgIpc) is 3.24. The lowest BCUT2D eigenvalue weighted by molar-refractivity contribution is -0.113. The van der Waals surface area contributed by atoms with Crippen LogP contribution in [0.3, 0.4) is 0 Å². The van der Waals surface area contributed by atoms with E-state index in [0.29, 0.717) is 18.0 Å². The van der Waals surface area contributed by atoms with E-state index in [2.05, 4.69) is 6.07 Å². The standard InChI is InChI=1S/C22H24N2O4S/c1-22(2)18(13-25)24(12-19-23-14-8-5-6-11-17(14)29-19)21(28-22)20-15(26-3)9-7-10-16(20)27-4/h5-11,13,18,21H,12H2,1-4H3. The number of hydrogen-bond donors (Lipinski definition) is 0. The predicted molar refractivity (Wildman–Crippen MR) is 112 cm³/mol. The van der Waals surface area contributed by atoms with E-state index in [9.17, 15) is 4.79 Å². The van der Waals surface area contributed by atoms with E-state index in [1.54, 1.807) is 25.6 Å². The minimum Gasteiger partial charge on any atom is -0.496 e. The summed E-state index contributed by atoms with van der Waals surface area (Å²) in [5.41, 5.74) is 1.06. The maximum Gasteiger partial charge on any atom is 0.145 e. The van der Waals surface area contributed by atoms with Crippen LogP contribution in [0.2, 0.25) is 0 Å². The molecule has 1 aliphatic rings. The molecule has 2 aromatic carbocycles. The number of benzene rings is 2. The molecule has 2 heterocycles. The molecule has 0 aliphatic carbocycles. The van der Waals surface area contributed by atoms with E-state index >= 15 is 0 Å². The summed E-state index contributed by atoms with van der Waals surface area (Å²) in [5.74, 6) is 1.32. The summed E-state index contributed by atoms with van der Waals surface area (Å²) in [6.07, 6.45) is 0.452. The van der Waals surface area contributed by atoms with Crippen molar-refractivity contribution in [1.82, 2.24) is 9.88 Å². The smallest absolute Gasteiger partial charge is 0.145 e. The fourth-order valence-electron chi connectivity index (χ4n) is 3.89. The monoisotopic (exact) mass is 412 g/mol. The van der Waals surface area contributed by atoms with Gasteiger partial charge in [0.15, 0.2) is 0 Å². The van der Waals surface area contributed by atoms with Gasteiger partial charge in [-0.05, 0) is 38.1 Å². The zero-order valence-electron chi connectivity index (χ0n) is 16.9. The highest BCUT2D eigenvalue weighted by atomic mass is 32.1. The van der Waals surface area contributed by atoms with Gasteiger partial charge in [-0.1, -0.05) is 18.2 Å². The largest absolute Gasteiger partial charge is 0.496 e. The van der Waals surface area contributed by atoms with E-state index in [-0.39, 0.29) is 0 Å². The summed E-state index contributed by atoms with van der Waals surface area (Å²) in [6, 6.07) is 13.2. The summed E-state index contributed by atoms with van der Waals surface area (Å²) >= 11 is 1.63. The second-order valence-electron chi connectivity index (χ2n) is 7.48. The Balaban J connectivity index is 1.79. The number of aldehydes is 1. The van der Waals surface area contributed by atoms with Crippen LogP contribution in [-0.4, -0.2) is 42.0 Å². The van der Waals surface area contributed by atoms with Gasteiger partial charge in [0.2, 0.25) is 0 Å². The molecule has 1 fully saturated rings. The molecule has 0 radical (unpaired) electrons. The van der Waals surface area contributed by atoms with Crippen LogP contribution in [0.15, 0.2) is 42.5 Å². The molecule has 2 unspecified atom stereocenters. The fourth-order valence-corrected chi connectivity index (χ4v) is 4.86. The first-order chi connectivity index (χ1) is 14.0. The summed E-state index contributed by atoms with van der Waals surface area (Å²) < 4.78 is 18.7. The van der Waals surface area contributed by atoms with Crippen LogP contribution in [0.1, 0.15) is 30.6 Å². The Bertz CT molecular complexity index is 977. The maximum atomic E-state index is 12.1. The molecule has 1 aliphatic heterocycles. The van der Waals surface area contributed by atoms with Gasteiger partial charge in [0.1, 0.15) is 29.0 Å². The van der Waals surface area contributed by atoms with Gasteiger partial charge in [0.25, 0.3) is 0 Å². The van der Waals surface area contributed by atoms with E-state index < -0.39 is 17.9 Å². The van der Waals surface area contributed by atoms with Gasteiger partial charge >= 0.3 is 0 Å². The first-order valence-electron chi connectivity index (χ1n) is 9.42. The molecule has 0 bridgehead atoms. The minimum absolute atomic E-state index is 0.436. The predicted octanol–water partition coefficient (Wildman–Crippen LogP) is 4.19. The van der Waals surface area contributed by atoms with Crippen molar-refractivity contribution in [3.63, 3.8) is 0 Å². The van der Waals surface area contributed by atoms with E-state index in [1.165, 1.54) is 0 Å². The molecule has 0 saturated carbocycles. The Morgan fingerprint density at radius 2 is 1.83 bits per heavy atom. The molecular weight excluding hydrogens is 388 g/mol. The lowest BCUT2D eigenvalue weighted by Gasteiger charge is -2.27. The molecular formula is C22H24N2O4S. The van der Waals surface area contributed by atoms with Gasteiger partial charge in [0, 0.05) is 0 Å². The van der Waals surface area contributed by atoms with E-state index in [0.717, 1.165) is 27.1 Å². The number of carbonyl (C=O) groups is 1. The SMILES string of the molecule is COc1cccc(OC)c1C1OC(C)(C)C(C=O)N1Cc1nc2ccccc2s1. The zero-order chi connectivity index (χ0) is 20.6. The molecule has 0 N–H and O–H groups in total. The number of fused-ring (bicyclic) bond motifs is 1. The Labute approximate surface area is 174 Å². The Kier molecular flexibility index (Phi) is 5.29. The van der Waals surface area contributed by atoms with E-state index in [1.807, 2.05) is 55.1 Å². The lowest BCUT2D eigenvalue weighted by Crippen LogP contribution is -2.42. The van der Waals surface area contributed by atoms with Gasteiger partial charge in [-0.25, -0.2) is 4.98 Å². The topological polar surface area (TPSA) is 60.9 Å². The number of carbonyl (C=O) groups excluding carboxylic acids is 1. The van der Waals surface area contributed by atoms with Crippen molar-refractivity contribution in [3.8, 4) is 11.5 Å². The van der Waals surface area contributed by atoms with Gasteiger partial charge in [0.05, 0.1) is 48.2 Å². The number of thiazole rings is 1. The molecule has 0 spiro atoms. The number of aromatic nitrogens is 1. The van der Waals surface area contributed by atoms with Gasteiger partial charge < -0.3 is 19.0 Å². The van der Waals surface area contributed by atoms with Crippen molar-refractivity contribution in [1.29, 1.82) is 0 Å². The van der Waals surface area contributed by atoms with Gasteiger partial charge in [-0.15, -0.1) is 11.3 Å². The van der Waals surface area contributed by atoms with Crippen LogP contribution in [-0.2, 0) is 16.1 Å². The maximum absolute atomic E-state index is 12.1. The molecule has 4 rings (SSSR count). The highest BCUT2D eigenvalue weighted by Gasteiger charge is 2.50. The summed E-state index contributed by atoms with van der Waals surface area (Å²) in [5, 5.41) is 0.929. The molecule has 1 aromatic heterocycles. The van der Waals surface area contributed by atoms with Crippen LogP contribution >= 0.6 is 11.3 Å². The second kappa shape index (κ2) is 7.74. The summed E-state index contributed by atoms with van der Waals surface area (Å²) in [6.45, 7) is 4.34. The fraction of sp³-hybridized carbons (Fsp3) is 0.364. The number of methoxy groups -OCH3 is 2. The quantitative estimate of drug-likeness (QED) is 0.566. The van der Waals surface area contributed by atoms with Crippen molar-refractivity contribution in [2.45, 2.75) is 38.3 Å². The van der Waals surface area contributed by atoms with Crippen molar-refractivity contribution >= 4 is 27.8 Å². The normalized spacial score (nSPS) is 21.4. The third-order valence-electron chi connectivity index (χ3n) is 5.28. The highest BCUT2D eigenvalue weighted by molar-refractivity contribution is 7.18. The molecule has 29 heavy (non-hydrogen) atoms. The number of nitrogens with zero attached hydrogens (tertiary/aromatic N) is 2. The van der Waals surface area contributed by atoms with Gasteiger partial charge in [-0.3, -0.25) is 4.90 Å². The average molecular weight is 413 g/mol. The molecule has 3 aromatic rings. The third kappa shape index (κ3) is 3.50. The number of ether oxygens (including phenoxy) is 3. The molecule has 0 amide bonds. The molecule has 152 valence electrons. The van der Waals surface area contributed by atoms with Crippen LogP contribution in [0.5, 0.6) is 11.5 Å². The van der Waals surface area contributed by atoms with Crippen LogP contribution in [0, 0.1) is 0 Å². The summed E-state index contributed by atoms with van der Waals surface area (Å²) in [7, 11) is 3.24. The summed E-state index contributed by atoms with van der Waals surface area (Å²) in [4.78, 5) is 18.9. The zero-order valence-corrected chi connectivity index (χ0v) is 17.7. The van der Waals surface area contributed by atoms with Gasteiger partial charge in [-0.2, -0.15) is 0 Å². The van der Waals surface area contributed by atoms with Crippen molar-refractivity contribution in [3.05, 3.63) is 53.0 Å². The van der Waals surface area contributed by atoms with Crippen LogP contribution < -0.4 is 9.47 Å². The Hall–Kier alpha value is -2.48. The first kappa shape index (κ1) is 19.8. The minimum atomic E-state index is -0.672. The molecule has 2 atom stereocenters. The van der Waals surface area contributed by atoms with Crippen LogP contribution in [0.25, 0.3) is 10.2 Å². The molecule has 1 saturated heterocycles. The second-order valence-corrected chi connectivity index (χ2v) is 8.59. The third-order valence-corrected chi connectivity index (χ3v) is 6.31. The number of rotatable bonds is 6. The molecule has 6 nitrogen and oxygen atoms in total. The van der Waals surface area contributed by atoms with Crippen molar-refractivity contribution in [2.75, 3.05) is 14.2 Å². The molecule has 7 heteroatoms. The van der Waals surface area contributed by atoms with Crippen LogP contribution in [0.4, 0.5) is 0 Å². The Morgan fingerprint density at radius 1 is 1.14 bits per heavy atom. The lowest BCUT2D eigenvalue weighted by atomic mass is 10.00. The number of para-hydroxylation sites is 1. The van der Waals surface area contributed by atoms with E-state index in [4.69, 9.17) is 19.2 Å². The Morgan fingerprint density at radius 3 is 2.45 bits per heavy atom. The first-order valence-corrected chi connectivity index (χ1v) is 10.2. The number of hydrogen-bond acceptors (Lipinski definition) is 7. The van der Waals surface area contributed by atoms with Crippen molar-refractivity contribution in [2.24, 2.45) is 0 Å². The van der Waals surface area contributed by atoms with Crippen molar-refractivity contribution < 1.29 is 19.0 Å². The highest BCUT2D eigenvalue weighted by Crippen LogP contribution is 2.47.